The third-order valence-corrected chi connectivity index (χ3v) is 3.21. The summed E-state index contributed by atoms with van der Waals surface area (Å²) in [6.07, 6.45) is 8.52. The first-order valence-corrected chi connectivity index (χ1v) is 6.58. The standard InChI is InChI=1S/C16H16N4/c17-16-5-1-4-14(9-16)15-11-19-20(12-15)8-6-13-3-2-7-18-10-13/h1-5,7,9-12H,6,8,17H2. The highest BCUT2D eigenvalue weighted by molar-refractivity contribution is 5.65. The van der Waals surface area contributed by atoms with E-state index in [4.69, 9.17) is 5.73 Å². The Labute approximate surface area is 117 Å². The monoisotopic (exact) mass is 264 g/mol. The molecule has 20 heavy (non-hydrogen) atoms. The fourth-order valence-corrected chi connectivity index (χ4v) is 2.14. The van der Waals surface area contributed by atoms with Crippen molar-refractivity contribution in [1.82, 2.24) is 14.8 Å². The molecule has 0 atom stereocenters. The van der Waals surface area contributed by atoms with Crippen molar-refractivity contribution in [1.29, 1.82) is 0 Å². The predicted octanol–water partition coefficient (Wildman–Crippen LogP) is 2.77. The van der Waals surface area contributed by atoms with E-state index in [-0.39, 0.29) is 0 Å². The number of pyridine rings is 1. The summed E-state index contributed by atoms with van der Waals surface area (Å²) in [6, 6.07) is 11.9. The molecule has 0 fully saturated rings. The maximum atomic E-state index is 5.80. The molecular weight excluding hydrogens is 248 g/mol. The van der Waals surface area contributed by atoms with Crippen LogP contribution in [0.2, 0.25) is 0 Å². The lowest BCUT2D eigenvalue weighted by molar-refractivity contribution is 0.614. The summed E-state index contributed by atoms with van der Waals surface area (Å²) in [7, 11) is 0. The summed E-state index contributed by atoms with van der Waals surface area (Å²) in [5, 5.41) is 4.39. The lowest BCUT2D eigenvalue weighted by atomic mass is 10.1. The van der Waals surface area contributed by atoms with E-state index in [1.165, 1.54) is 5.56 Å². The van der Waals surface area contributed by atoms with Crippen LogP contribution in [0.25, 0.3) is 11.1 Å². The van der Waals surface area contributed by atoms with Crippen LogP contribution in [0.4, 0.5) is 5.69 Å². The van der Waals surface area contributed by atoms with Crippen molar-refractivity contribution >= 4 is 5.69 Å². The molecule has 4 heteroatoms. The Morgan fingerprint density at radius 2 is 2.00 bits per heavy atom. The van der Waals surface area contributed by atoms with Crippen LogP contribution in [-0.4, -0.2) is 14.8 Å². The second-order valence-electron chi connectivity index (χ2n) is 4.73. The van der Waals surface area contributed by atoms with Gasteiger partial charge in [0.05, 0.1) is 6.20 Å². The van der Waals surface area contributed by atoms with Gasteiger partial charge in [-0.3, -0.25) is 9.67 Å². The Hall–Kier alpha value is -2.62. The van der Waals surface area contributed by atoms with Gasteiger partial charge in [0.15, 0.2) is 0 Å². The molecular formula is C16H16N4. The zero-order chi connectivity index (χ0) is 13.8. The molecule has 0 aliphatic rings. The van der Waals surface area contributed by atoms with Crippen molar-refractivity contribution in [2.45, 2.75) is 13.0 Å². The summed E-state index contributed by atoms with van der Waals surface area (Å²) >= 11 is 0. The fourth-order valence-electron chi connectivity index (χ4n) is 2.14. The van der Waals surface area contributed by atoms with E-state index in [2.05, 4.69) is 16.1 Å². The van der Waals surface area contributed by atoms with Crippen LogP contribution in [0.5, 0.6) is 0 Å². The van der Waals surface area contributed by atoms with Gasteiger partial charge >= 0.3 is 0 Å². The van der Waals surface area contributed by atoms with Gasteiger partial charge in [-0.2, -0.15) is 5.10 Å². The number of anilines is 1. The summed E-state index contributed by atoms with van der Waals surface area (Å²) < 4.78 is 1.95. The Kier molecular flexibility index (Phi) is 3.46. The number of aryl methyl sites for hydroxylation is 2. The van der Waals surface area contributed by atoms with Gasteiger partial charge < -0.3 is 5.73 Å². The molecule has 2 N–H and O–H groups in total. The van der Waals surface area contributed by atoms with Crippen molar-refractivity contribution < 1.29 is 0 Å². The SMILES string of the molecule is Nc1cccc(-c2cnn(CCc3cccnc3)c2)c1. The van der Waals surface area contributed by atoms with Crippen LogP contribution in [0.1, 0.15) is 5.56 Å². The highest BCUT2D eigenvalue weighted by Crippen LogP contribution is 2.20. The lowest BCUT2D eigenvalue weighted by Crippen LogP contribution is -2.01. The number of nitrogen functional groups attached to an aromatic ring is 1. The Balaban J connectivity index is 1.71. The number of hydrogen-bond donors (Lipinski definition) is 1. The molecule has 0 spiro atoms. The number of nitrogens with zero attached hydrogens (tertiary/aromatic N) is 3. The first-order chi connectivity index (χ1) is 9.81. The average molecular weight is 264 g/mol. The summed E-state index contributed by atoms with van der Waals surface area (Å²) in [5.74, 6) is 0. The van der Waals surface area contributed by atoms with Crippen LogP contribution >= 0.6 is 0 Å². The van der Waals surface area contributed by atoms with Crippen molar-refractivity contribution in [3.63, 3.8) is 0 Å². The van der Waals surface area contributed by atoms with Gasteiger partial charge in [-0.15, -0.1) is 0 Å². The number of hydrogen-bond acceptors (Lipinski definition) is 3. The lowest BCUT2D eigenvalue weighted by Gasteiger charge is -2.01. The third-order valence-electron chi connectivity index (χ3n) is 3.21. The Bertz CT molecular complexity index is 688. The molecule has 0 saturated heterocycles. The normalized spacial score (nSPS) is 10.6. The third kappa shape index (κ3) is 2.85. The van der Waals surface area contributed by atoms with E-state index in [1.54, 1.807) is 6.20 Å². The van der Waals surface area contributed by atoms with Crippen LogP contribution in [0.15, 0.2) is 61.2 Å². The van der Waals surface area contributed by atoms with Crippen molar-refractivity contribution in [3.8, 4) is 11.1 Å². The molecule has 4 nitrogen and oxygen atoms in total. The zero-order valence-corrected chi connectivity index (χ0v) is 11.1. The molecule has 0 saturated carbocycles. The molecule has 3 aromatic rings. The van der Waals surface area contributed by atoms with Gasteiger partial charge in [0.2, 0.25) is 0 Å². The van der Waals surface area contributed by atoms with E-state index in [0.29, 0.717) is 0 Å². The van der Waals surface area contributed by atoms with Crippen LogP contribution in [0, 0.1) is 0 Å². The highest BCUT2D eigenvalue weighted by Gasteiger charge is 2.02. The van der Waals surface area contributed by atoms with Gasteiger partial charge in [0.25, 0.3) is 0 Å². The van der Waals surface area contributed by atoms with E-state index >= 15 is 0 Å². The molecule has 0 bridgehead atoms. The maximum absolute atomic E-state index is 5.80. The number of aromatic nitrogens is 3. The molecule has 2 aromatic heterocycles. The molecule has 0 amide bonds. The zero-order valence-electron chi connectivity index (χ0n) is 11.1. The topological polar surface area (TPSA) is 56.7 Å². The van der Waals surface area contributed by atoms with Gasteiger partial charge in [0, 0.05) is 36.4 Å². The van der Waals surface area contributed by atoms with Gasteiger partial charge in [0.1, 0.15) is 0 Å². The minimum absolute atomic E-state index is 0.769. The van der Waals surface area contributed by atoms with E-state index in [9.17, 15) is 0 Å². The molecule has 1 aromatic carbocycles. The number of benzene rings is 1. The molecule has 0 aliphatic carbocycles. The first kappa shape index (κ1) is 12.4. The minimum Gasteiger partial charge on any atom is -0.399 e. The highest BCUT2D eigenvalue weighted by atomic mass is 15.3. The first-order valence-electron chi connectivity index (χ1n) is 6.58. The summed E-state index contributed by atoms with van der Waals surface area (Å²) in [6.45, 7) is 0.841. The molecule has 3 rings (SSSR count). The maximum Gasteiger partial charge on any atom is 0.0568 e. The number of rotatable bonds is 4. The Morgan fingerprint density at radius 3 is 2.80 bits per heavy atom. The van der Waals surface area contributed by atoms with Crippen LogP contribution in [0.3, 0.4) is 0 Å². The smallest absolute Gasteiger partial charge is 0.0568 e. The molecule has 0 radical (unpaired) electrons. The second kappa shape index (κ2) is 5.57. The number of nitrogens with two attached hydrogens (primary N) is 1. The molecule has 0 aliphatic heterocycles. The van der Waals surface area contributed by atoms with Gasteiger partial charge in [-0.25, -0.2) is 0 Å². The van der Waals surface area contributed by atoms with Gasteiger partial charge in [-0.05, 0) is 35.7 Å². The largest absolute Gasteiger partial charge is 0.399 e. The van der Waals surface area contributed by atoms with Crippen molar-refractivity contribution in [3.05, 3.63) is 66.7 Å². The van der Waals surface area contributed by atoms with E-state index in [1.807, 2.05) is 53.6 Å². The van der Waals surface area contributed by atoms with E-state index < -0.39 is 0 Å². The summed E-state index contributed by atoms with van der Waals surface area (Å²) in [5.41, 5.74) is 9.97. The predicted molar refractivity (Wildman–Crippen MR) is 80.0 cm³/mol. The van der Waals surface area contributed by atoms with Gasteiger partial charge in [-0.1, -0.05) is 18.2 Å². The molecule has 0 unspecified atom stereocenters. The molecule has 2 heterocycles. The quantitative estimate of drug-likeness (QED) is 0.737. The summed E-state index contributed by atoms with van der Waals surface area (Å²) in [4.78, 5) is 4.12. The van der Waals surface area contributed by atoms with Crippen molar-refractivity contribution in [2.24, 2.45) is 0 Å². The van der Waals surface area contributed by atoms with Crippen LogP contribution in [-0.2, 0) is 13.0 Å². The van der Waals surface area contributed by atoms with Crippen LogP contribution < -0.4 is 5.73 Å². The molecule has 100 valence electrons. The minimum atomic E-state index is 0.769. The fraction of sp³-hybridized carbons (Fsp3) is 0.125. The van der Waals surface area contributed by atoms with Crippen molar-refractivity contribution in [2.75, 3.05) is 5.73 Å². The average Bonchev–Trinajstić information content (AvgIpc) is 2.95. The van der Waals surface area contributed by atoms with E-state index in [0.717, 1.165) is 29.8 Å². The Morgan fingerprint density at radius 1 is 1.05 bits per heavy atom. The second-order valence-corrected chi connectivity index (χ2v) is 4.73.